The van der Waals surface area contributed by atoms with Gasteiger partial charge in [-0.2, -0.15) is 0 Å². The summed E-state index contributed by atoms with van der Waals surface area (Å²) in [7, 11) is 0. The average molecular weight is 427 g/mol. The number of thioether (sulfide) groups is 1. The van der Waals surface area contributed by atoms with E-state index in [1.807, 2.05) is 31.2 Å². The van der Waals surface area contributed by atoms with Crippen LogP contribution in [0.25, 0.3) is 11.4 Å². The Kier molecular flexibility index (Phi) is 8.13. The molecule has 0 bridgehead atoms. The second-order valence-electron chi connectivity index (χ2n) is 7.52. The van der Waals surface area contributed by atoms with Crippen molar-refractivity contribution < 1.29 is 9.21 Å². The molecule has 3 aromatic rings. The van der Waals surface area contributed by atoms with Crippen LogP contribution in [0.1, 0.15) is 50.9 Å². The van der Waals surface area contributed by atoms with Crippen molar-refractivity contribution in [3.05, 3.63) is 54.0 Å². The maximum Gasteiger partial charge on any atom is 0.230 e. The summed E-state index contributed by atoms with van der Waals surface area (Å²) >= 11 is 1.42. The number of aryl methyl sites for hydroxylation is 1. The molecule has 7 heteroatoms. The molecule has 1 N–H and O–H groups in total. The predicted molar refractivity (Wildman–Crippen MR) is 120 cm³/mol. The molecule has 1 amide bonds. The van der Waals surface area contributed by atoms with Crippen molar-refractivity contribution in [2.75, 3.05) is 5.75 Å². The number of nitrogens with one attached hydrogen (secondary N) is 1. The first-order chi connectivity index (χ1) is 14.6. The third-order valence-electron chi connectivity index (χ3n) is 4.98. The van der Waals surface area contributed by atoms with Crippen LogP contribution in [-0.2, 0) is 11.3 Å². The van der Waals surface area contributed by atoms with Gasteiger partial charge in [0.15, 0.2) is 11.0 Å². The van der Waals surface area contributed by atoms with Gasteiger partial charge in [0.2, 0.25) is 5.91 Å². The van der Waals surface area contributed by atoms with Crippen molar-refractivity contribution in [2.24, 2.45) is 0 Å². The lowest BCUT2D eigenvalue weighted by Gasteiger charge is -2.14. The Morgan fingerprint density at radius 1 is 1.20 bits per heavy atom. The summed E-state index contributed by atoms with van der Waals surface area (Å²) in [5.74, 6) is 1.89. The molecule has 0 aliphatic rings. The zero-order valence-corrected chi connectivity index (χ0v) is 18.7. The number of aromatic nitrogens is 3. The monoisotopic (exact) mass is 426 g/mol. The van der Waals surface area contributed by atoms with Gasteiger partial charge in [-0.15, -0.1) is 10.2 Å². The van der Waals surface area contributed by atoms with Gasteiger partial charge in [0.05, 0.1) is 24.1 Å². The van der Waals surface area contributed by atoms with Gasteiger partial charge in [0.25, 0.3) is 0 Å². The molecule has 2 heterocycles. The van der Waals surface area contributed by atoms with E-state index in [0.717, 1.165) is 40.7 Å². The molecule has 1 atom stereocenters. The molecule has 2 aromatic heterocycles. The van der Waals surface area contributed by atoms with Crippen molar-refractivity contribution >= 4 is 17.7 Å². The number of hydrogen-bond donors (Lipinski definition) is 1. The Morgan fingerprint density at radius 2 is 2.00 bits per heavy atom. The molecule has 1 aromatic carbocycles. The van der Waals surface area contributed by atoms with E-state index in [0.29, 0.717) is 12.3 Å². The number of rotatable bonds is 11. The van der Waals surface area contributed by atoms with E-state index in [4.69, 9.17) is 4.42 Å². The molecule has 30 heavy (non-hydrogen) atoms. The highest BCUT2D eigenvalue weighted by molar-refractivity contribution is 7.99. The number of hydrogen-bond acceptors (Lipinski definition) is 5. The van der Waals surface area contributed by atoms with Gasteiger partial charge in [-0.25, -0.2) is 0 Å². The Hall–Kier alpha value is -2.54. The highest BCUT2D eigenvalue weighted by Gasteiger charge is 2.19. The molecule has 1 unspecified atom stereocenters. The number of furan rings is 1. The van der Waals surface area contributed by atoms with Gasteiger partial charge in [-0.1, -0.05) is 68.3 Å². The zero-order valence-electron chi connectivity index (χ0n) is 17.9. The molecule has 0 saturated heterocycles. The molecular formula is C23H30N4O2S. The smallest absolute Gasteiger partial charge is 0.230 e. The van der Waals surface area contributed by atoms with E-state index in [-0.39, 0.29) is 11.9 Å². The molecule has 6 nitrogen and oxygen atoms in total. The van der Waals surface area contributed by atoms with Gasteiger partial charge in [-0.05, 0) is 31.9 Å². The maximum absolute atomic E-state index is 12.4. The first-order valence-electron chi connectivity index (χ1n) is 10.5. The van der Waals surface area contributed by atoms with Crippen molar-refractivity contribution in [1.29, 1.82) is 0 Å². The largest absolute Gasteiger partial charge is 0.469 e. The quantitative estimate of drug-likeness (QED) is 0.342. The van der Waals surface area contributed by atoms with E-state index in [9.17, 15) is 4.79 Å². The SMILES string of the molecule is CCCCCC(C)NC(=O)CSc1nnc(-c2ccoc2C)n1Cc1ccccc1. The van der Waals surface area contributed by atoms with E-state index in [1.54, 1.807) is 6.26 Å². The number of benzene rings is 1. The van der Waals surface area contributed by atoms with E-state index < -0.39 is 0 Å². The predicted octanol–water partition coefficient (Wildman–Crippen LogP) is 5.07. The van der Waals surface area contributed by atoms with Gasteiger partial charge in [0, 0.05) is 6.04 Å². The molecule has 0 saturated carbocycles. The summed E-state index contributed by atoms with van der Waals surface area (Å²) < 4.78 is 7.51. The molecule has 0 spiro atoms. The van der Waals surface area contributed by atoms with Gasteiger partial charge >= 0.3 is 0 Å². The lowest BCUT2D eigenvalue weighted by atomic mass is 10.1. The van der Waals surface area contributed by atoms with Crippen molar-refractivity contribution in [3.8, 4) is 11.4 Å². The summed E-state index contributed by atoms with van der Waals surface area (Å²) in [6, 6.07) is 12.3. The first-order valence-corrected chi connectivity index (χ1v) is 11.5. The van der Waals surface area contributed by atoms with Crippen molar-refractivity contribution in [3.63, 3.8) is 0 Å². The normalized spacial score (nSPS) is 12.1. The average Bonchev–Trinajstić information content (AvgIpc) is 3.33. The fraction of sp³-hybridized carbons (Fsp3) is 0.435. The highest BCUT2D eigenvalue weighted by Crippen LogP contribution is 2.28. The van der Waals surface area contributed by atoms with Crippen LogP contribution in [0.15, 0.2) is 52.2 Å². The maximum atomic E-state index is 12.4. The molecule has 0 aliphatic heterocycles. The van der Waals surface area contributed by atoms with Crippen LogP contribution in [0.4, 0.5) is 0 Å². The third kappa shape index (κ3) is 5.98. The molecule has 3 rings (SSSR count). The summed E-state index contributed by atoms with van der Waals surface area (Å²) in [5, 5.41) is 12.6. The number of nitrogens with zero attached hydrogens (tertiary/aromatic N) is 3. The standard InChI is InChI=1S/C23H30N4O2S/c1-4-5-7-10-17(2)24-21(28)16-30-23-26-25-22(20-13-14-29-18(20)3)27(23)15-19-11-8-6-9-12-19/h6,8-9,11-14,17H,4-5,7,10,15-16H2,1-3H3,(H,24,28). The summed E-state index contributed by atoms with van der Waals surface area (Å²) in [4.78, 5) is 12.4. The minimum absolute atomic E-state index is 0.0271. The lowest BCUT2D eigenvalue weighted by molar-refractivity contribution is -0.119. The van der Waals surface area contributed by atoms with Crippen LogP contribution in [0, 0.1) is 6.92 Å². The number of carbonyl (C=O) groups excluding carboxylic acids is 1. The van der Waals surface area contributed by atoms with Crippen LogP contribution >= 0.6 is 11.8 Å². The minimum Gasteiger partial charge on any atom is -0.469 e. The van der Waals surface area contributed by atoms with Crippen LogP contribution in [0.2, 0.25) is 0 Å². The lowest BCUT2D eigenvalue weighted by Crippen LogP contribution is -2.33. The van der Waals surface area contributed by atoms with Crippen LogP contribution in [-0.4, -0.2) is 32.5 Å². The molecular weight excluding hydrogens is 396 g/mol. The Morgan fingerprint density at radius 3 is 2.70 bits per heavy atom. The number of unbranched alkanes of at least 4 members (excludes halogenated alkanes) is 2. The molecule has 0 radical (unpaired) electrons. The van der Waals surface area contributed by atoms with Gasteiger partial charge in [-0.3, -0.25) is 9.36 Å². The molecule has 160 valence electrons. The zero-order chi connectivity index (χ0) is 21.3. The second kappa shape index (κ2) is 11.0. The Labute approximate surface area is 182 Å². The summed E-state index contributed by atoms with van der Waals surface area (Å²) in [5.41, 5.74) is 2.06. The van der Waals surface area contributed by atoms with E-state index in [1.165, 1.54) is 24.6 Å². The highest BCUT2D eigenvalue weighted by atomic mass is 32.2. The molecule has 0 aliphatic carbocycles. The third-order valence-corrected chi connectivity index (χ3v) is 5.95. The Bertz CT molecular complexity index is 936. The fourth-order valence-electron chi connectivity index (χ4n) is 3.34. The second-order valence-corrected chi connectivity index (χ2v) is 8.46. The first kappa shape index (κ1) is 22.2. The summed E-state index contributed by atoms with van der Waals surface area (Å²) in [6.07, 6.45) is 6.20. The van der Waals surface area contributed by atoms with Gasteiger partial charge in [0.1, 0.15) is 5.76 Å². The Balaban J connectivity index is 1.70. The van der Waals surface area contributed by atoms with E-state index in [2.05, 4.69) is 46.1 Å². The fourth-order valence-corrected chi connectivity index (χ4v) is 4.09. The van der Waals surface area contributed by atoms with Crippen molar-refractivity contribution in [2.45, 2.75) is 64.2 Å². The number of amides is 1. The van der Waals surface area contributed by atoms with Gasteiger partial charge < -0.3 is 9.73 Å². The topological polar surface area (TPSA) is 73.0 Å². The van der Waals surface area contributed by atoms with Crippen LogP contribution in [0.5, 0.6) is 0 Å². The van der Waals surface area contributed by atoms with E-state index >= 15 is 0 Å². The van der Waals surface area contributed by atoms with Crippen LogP contribution in [0.3, 0.4) is 0 Å². The van der Waals surface area contributed by atoms with Crippen LogP contribution < -0.4 is 5.32 Å². The number of carbonyl (C=O) groups is 1. The van der Waals surface area contributed by atoms with Crippen molar-refractivity contribution in [1.82, 2.24) is 20.1 Å². The minimum atomic E-state index is 0.0271. The molecule has 0 fully saturated rings. The summed E-state index contributed by atoms with van der Waals surface area (Å²) in [6.45, 7) is 6.79.